The van der Waals surface area contributed by atoms with Crippen molar-refractivity contribution < 1.29 is 13.2 Å². The molecule has 0 fully saturated rings. The summed E-state index contributed by atoms with van der Waals surface area (Å²) in [6, 6.07) is 8.12. The normalized spacial score (nSPS) is 12.4. The van der Waals surface area contributed by atoms with Gasteiger partial charge in [0.1, 0.15) is 5.82 Å². The zero-order valence-electron chi connectivity index (χ0n) is 10.8. The predicted octanol–water partition coefficient (Wildman–Crippen LogP) is 4.37. The van der Waals surface area contributed by atoms with Gasteiger partial charge in [-0.15, -0.1) is 0 Å². The third kappa shape index (κ3) is 3.41. The van der Waals surface area contributed by atoms with Crippen LogP contribution in [0.25, 0.3) is 0 Å². The Bertz CT molecular complexity index is 616. The van der Waals surface area contributed by atoms with Crippen LogP contribution in [0.4, 0.5) is 13.2 Å². The van der Waals surface area contributed by atoms with Crippen LogP contribution >= 0.6 is 15.9 Å². The number of nitrogens with one attached hydrogen (secondary N) is 1. The zero-order chi connectivity index (χ0) is 14.7. The van der Waals surface area contributed by atoms with Gasteiger partial charge in [0.15, 0.2) is 11.6 Å². The molecule has 2 aromatic carbocycles. The number of hydrogen-bond acceptors (Lipinski definition) is 1. The molecule has 0 radical (unpaired) electrons. The third-order valence-electron chi connectivity index (χ3n) is 3.11. The van der Waals surface area contributed by atoms with Gasteiger partial charge in [0.05, 0.1) is 0 Å². The molecule has 0 aliphatic heterocycles. The minimum Gasteiger partial charge on any atom is -0.313 e. The lowest BCUT2D eigenvalue weighted by atomic mass is 9.99. The van der Waals surface area contributed by atoms with Crippen LogP contribution in [0, 0.1) is 17.5 Å². The van der Waals surface area contributed by atoms with E-state index in [2.05, 4.69) is 21.2 Å². The van der Waals surface area contributed by atoms with Crippen LogP contribution in [-0.4, -0.2) is 7.05 Å². The van der Waals surface area contributed by atoms with Crippen molar-refractivity contribution in [2.45, 2.75) is 12.5 Å². The molecule has 2 rings (SSSR count). The monoisotopic (exact) mass is 343 g/mol. The molecule has 0 aliphatic rings. The van der Waals surface area contributed by atoms with Crippen molar-refractivity contribution in [1.82, 2.24) is 5.32 Å². The maximum absolute atomic E-state index is 13.2. The fourth-order valence-corrected chi connectivity index (χ4v) is 2.68. The van der Waals surface area contributed by atoms with Crippen molar-refractivity contribution in [3.8, 4) is 0 Å². The molecular weight excluding hydrogens is 331 g/mol. The Kier molecular flexibility index (Phi) is 4.83. The second kappa shape index (κ2) is 6.41. The molecule has 1 atom stereocenters. The van der Waals surface area contributed by atoms with Crippen molar-refractivity contribution >= 4 is 15.9 Å². The molecule has 20 heavy (non-hydrogen) atoms. The second-order valence-electron chi connectivity index (χ2n) is 4.46. The van der Waals surface area contributed by atoms with Gasteiger partial charge in [-0.25, -0.2) is 13.2 Å². The van der Waals surface area contributed by atoms with E-state index in [-0.39, 0.29) is 11.9 Å². The van der Waals surface area contributed by atoms with Crippen molar-refractivity contribution in [3.05, 3.63) is 69.4 Å². The van der Waals surface area contributed by atoms with E-state index in [9.17, 15) is 13.2 Å². The van der Waals surface area contributed by atoms with Crippen LogP contribution in [-0.2, 0) is 6.42 Å². The van der Waals surface area contributed by atoms with Gasteiger partial charge < -0.3 is 5.32 Å². The molecule has 0 aromatic heterocycles. The zero-order valence-corrected chi connectivity index (χ0v) is 12.3. The highest BCUT2D eigenvalue weighted by molar-refractivity contribution is 9.10. The highest BCUT2D eigenvalue weighted by atomic mass is 79.9. The first kappa shape index (κ1) is 15.1. The smallest absolute Gasteiger partial charge is 0.159 e. The van der Waals surface area contributed by atoms with Crippen LogP contribution < -0.4 is 5.32 Å². The van der Waals surface area contributed by atoms with Gasteiger partial charge in [-0.1, -0.05) is 28.1 Å². The minimum absolute atomic E-state index is 0.130. The summed E-state index contributed by atoms with van der Waals surface area (Å²) < 4.78 is 39.9. The van der Waals surface area contributed by atoms with Gasteiger partial charge in [-0.05, 0) is 48.9 Å². The van der Waals surface area contributed by atoms with E-state index in [1.807, 2.05) is 0 Å². The predicted molar refractivity (Wildman–Crippen MR) is 76.0 cm³/mol. The summed E-state index contributed by atoms with van der Waals surface area (Å²) in [5.74, 6) is -2.06. The summed E-state index contributed by atoms with van der Waals surface area (Å²) in [5, 5.41) is 3.09. The molecule has 0 bridgehead atoms. The number of benzene rings is 2. The molecule has 5 heteroatoms. The molecule has 0 spiro atoms. The largest absolute Gasteiger partial charge is 0.313 e. The Morgan fingerprint density at radius 2 is 1.80 bits per heavy atom. The Hall–Kier alpha value is -1.33. The molecular formula is C15H13BrF3N. The fourth-order valence-electron chi connectivity index (χ4n) is 2.05. The number of likely N-dealkylation sites (N-methyl/N-ethyl adjacent to an activating group) is 1. The van der Waals surface area contributed by atoms with Crippen molar-refractivity contribution in [2.75, 3.05) is 7.05 Å². The summed E-state index contributed by atoms with van der Waals surface area (Å²) in [6.45, 7) is 0. The lowest BCUT2D eigenvalue weighted by Gasteiger charge is -2.18. The standard InChI is InChI=1S/C15H13BrF3N/c1-20-15(11-4-3-10(17)8-12(11)16)7-9-2-5-13(18)14(19)6-9/h2-6,8,15,20H,7H2,1H3. The van der Waals surface area contributed by atoms with Gasteiger partial charge in [0, 0.05) is 10.5 Å². The van der Waals surface area contributed by atoms with E-state index in [4.69, 9.17) is 0 Å². The fraction of sp³-hybridized carbons (Fsp3) is 0.200. The van der Waals surface area contributed by atoms with Gasteiger partial charge >= 0.3 is 0 Å². The van der Waals surface area contributed by atoms with Crippen molar-refractivity contribution in [2.24, 2.45) is 0 Å². The molecule has 0 aliphatic carbocycles. The SMILES string of the molecule is CNC(Cc1ccc(F)c(F)c1)c1ccc(F)cc1Br. The maximum atomic E-state index is 13.2. The van der Waals surface area contributed by atoms with E-state index >= 15 is 0 Å². The third-order valence-corrected chi connectivity index (χ3v) is 3.80. The molecule has 1 N–H and O–H groups in total. The molecule has 0 heterocycles. The lowest BCUT2D eigenvalue weighted by molar-refractivity contribution is 0.504. The van der Waals surface area contributed by atoms with E-state index < -0.39 is 11.6 Å². The van der Waals surface area contributed by atoms with E-state index in [1.165, 1.54) is 18.2 Å². The molecule has 0 saturated carbocycles. The Morgan fingerprint density at radius 3 is 2.40 bits per heavy atom. The number of rotatable bonds is 4. The first-order valence-corrected chi connectivity index (χ1v) is 6.86. The highest BCUT2D eigenvalue weighted by Crippen LogP contribution is 2.27. The number of hydrogen-bond donors (Lipinski definition) is 1. The summed E-state index contributed by atoms with van der Waals surface area (Å²) in [6.07, 6.45) is 0.470. The topological polar surface area (TPSA) is 12.0 Å². The Morgan fingerprint density at radius 1 is 1.05 bits per heavy atom. The van der Waals surface area contributed by atoms with E-state index in [0.29, 0.717) is 16.5 Å². The molecule has 0 saturated heterocycles. The summed E-state index contributed by atoms with van der Waals surface area (Å²) in [5.41, 5.74) is 1.53. The molecule has 1 unspecified atom stereocenters. The first-order chi connectivity index (χ1) is 9.51. The Labute approximate surface area is 123 Å². The average Bonchev–Trinajstić information content (AvgIpc) is 2.41. The van der Waals surface area contributed by atoms with Crippen LogP contribution in [0.5, 0.6) is 0 Å². The summed E-state index contributed by atoms with van der Waals surface area (Å²) in [7, 11) is 1.76. The molecule has 106 valence electrons. The van der Waals surface area contributed by atoms with Gasteiger partial charge in [-0.3, -0.25) is 0 Å². The Balaban J connectivity index is 2.26. The van der Waals surface area contributed by atoms with Crippen LogP contribution in [0.2, 0.25) is 0 Å². The summed E-state index contributed by atoms with van der Waals surface area (Å²) >= 11 is 3.31. The first-order valence-electron chi connectivity index (χ1n) is 6.07. The van der Waals surface area contributed by atoms with Crippen LogP contribution in [0.1, 0.15) is 17.2 Å². The second-order valence-corrected chi connectivity index (χ2v) is 5.31. The minimum atomic E-state index is -0.865. The van der Waals surface area contributed by atoms with Gasteiger partial charge in [0.2, 0.25) is 0 Å². The summed E-state index contributed by atoms with van der Waals surface area (Å²) in [4.78, 5) is 0. The maximum Gasteiger partial charge on any atom is 0.159 e. The van der Waals surface area contributed by atoms with E-state index in [0.717, 1.165) is 11.6 Å². The quantitative estimate of drug-likeness (QED) is 0.869. The number of halogens is 4. The van der Waals surface area contributed by atoms with E-state index in [1.54, 1.807) is 19.2 Å². The van der Waals surface area contributed by atoms with Crippen LogP contribution in [0.15, 0.2) is 40.9 Å². The van der Waals surface area contributed by atoms with Gasteiger partial charge in [-0.2, -0.15) is 0 Å². The van der Waals surface area contributed by atoms with Crippen molar-refractivity contribution in [1.29, 1.82) is 0 Å². The molecule has 0 amide bonds. The highest BCUT2D eigenvalue weighted by Gasteiger charge is 2.15. The molecule has 2 aromatic rings. The molecule has 1 nitrogen and oxygen atoms in total. The average molecular weight is 344 g/mol. The van der Waals surface area contributed by atoms with Crippen molar-refractivity contribution in [3.63, 3.8) is 0 Å². The lowest BCUT2D eigenvalue weighted by Crippen LogP contribution is -2.19. The van der Waals surface area contributed by atoms with Gasteiger partial charge in [0.25, 0.3) is 0 Å². The van der Waals surface area contributed by atoms with Crippen LogP contribution in [0.3, 0.4) is 0 Å².